The van der Waals surface area contributed by atoms with Crippen LogP contribution in [0, 0.1) is 20.8 Å². The molecule has 1 saturated heterocycles. The van der Waals surface area contributed by atoms with Crippen LogP contribution >= 0.6 is 34.7 Å². The first kappa shape index (κ1) is 32.9. The molecule has 0 spiro atoms. The van der Waals surface area contributed by atoms with Gasteiger partial charge in [0.05, 0.1) is 23.3 Å². The highest BCUT2D eigenvalue weighted by Gasteiger charge is 2.45. The van der Waals surface area contributed by atoms with Crippen LogP contribution in [0.15, 0.2) is 52.4 Å². The van der Waals surface area contributed by atoms with Gasteiger partial charge in [0.25, 0.3) is 11.8 Å². The Balaban J connectivity index is 1.06. The minimum atomic E-state index is -1.04. The Morgan fingerprint density at radius 3 is 2.57 bits per heavy atom. The molecule has 250 valence electrons. The highest BCUT2D eigenvalue weighted by Crippen LogP contribution is 2.40. The molecule has 3 aliphatic rings. The highest BCUT2D eigenvalue weighted by molar-refractivity contribution is 7.99. The first-order valence-electron chi connectivity index (χ1n) is 15.6. The quantitative estimate of drug-likeness (QED) is 0.154. The van der Waals surface area contributed by atoms with Crippen molar-refractivity contribution in [2.45, 2.75) is 57.0 Å². The molecule has 5 amide bonds. The van der Waals surface area contributed by atoms with Gasteiger partial charge in [-0.25, -0.2) is 0 Å². The van der Waals surface area contributed by atoms with E-state index in [0.717, 1.165) is 37.2 Å². The number of nitrogens with zero attached hydrogens (tertiary/aromatic N) is 5. The Hall–Kier alpha value is -4.66. The number of nitrogens with one attached hydrogen (secondary N) is 2. The van der Waals surface area contributed by atoms with Crippen molar-refractivity contribution in [3.63, 3.8) is 0 Å². The maximum atomic E-state index is 13.4. The van der Waals surface area contributed by atoms with Crippen LogP contribution in [0.1, 0.15) is 79.2 Å². The molecule has 0 aliphatic carbocycles. The molecule has 2 aromatic heterocycles. The Morgan fingerprint density at radius 1 is 1.04 bits per heavy atom. The summed E-state index contributed by atoms with van der Waals surface area (Å²) in [6.07, 6.45) is 0.160. The van der Waals surface area contributed by atoms with Gasteiger partial charge in [-0.15, -0.1) is 33.3 Å². The number of aliphatic imine (C=N–C) groups is 1. The zero-order valence-corrected chi connectivity index (χ0v) is 29.1. The van der Waals surface area contributed by atoms with Crippen LogP contribution in [0.2, 0.25) is 5.02 Å². The number of hydrogen-bond acceptors (Lipinski definition) is 10. The average Bonchev–Trinajstić information content (AvgIpc) is 3.65. The monoisotopic (exact) mass is 715 g/mol. The minimum Gasteiger partial charge on any atom is -0.355 e. The molecule has 12 nitrogen and oxygen atoms in total. The fourth-order valence-corrected chi connectivity index (χ4v) is 8.62. The van der Waals surface area contributed by atoms with Gasteiger partial charge in [-0.05, 0) is 57.0 Å². The van der Waals surface area contributed by atoms with Crippen molar-refractivity contribution in [3.8, 4) is 5.00 Å². The maximum absolute atomic E-state index is 13.4. The topological polar surface area (TPSA) is 156 Å². The third-order valence-electron chi connectivity index (χ3n) is 8.85. The third-order valence-corrected chi connectivity index (χ3v) is 11.4. The number of piperidine rings is 1. The van der Waals surface area contributed by atoms with Gasteiger partial charge >= 0.3 is 0 Å². The van der Waals surface area contributed by atoms with E-state index in [1.807, 2.05) is 35.8 Å². The van der Waals surface area contributed by atoms with E-state index in [0.29, 0.717) is 27.3 Å². The molecule has 0 bridgehead atoms. The molecular weight excluding hydrogens is 686 g/mol. The number of aromatic nitrogens is 3. The summed E-state index contributed by atoms with van der Waals surface area (Å²) >= 11 is 9.17. The van der Waals surface area contributed by atoms with Crippen molar-refractivity contribution in [2.24, 2.45) is 4.99 Å². The van der Waals surface area contributed by atoms with Gasteiger partial charge in [-0.2, -0.15) is 0 Å². The summed E-state index contributed by atoms with van der Waals surface area (Å²) in [5.41, 5.74) is 4.16. The molecule has 2 atom stereocenters. The molecule has 5 heterocycles. The number of benzene rings is 2. The van der Waals surface area contributed by atoms with Gasteiger partial charge in [0.1, 0.15) is 22.9 Å². The van der Waals surface area contributed by atoms with Crippen LogP contribution < -0.4 is 10.6 Å². The lowest BCUT2D eigenvalue weighted by atomic mass is 9.99. The van der Waals surface area contributed by atoms with Crippen LogP contribution in [0.4, 0.5) is 0 Å². The van der Waals surface area contributed by atoms with E-state index in [9.17, 15) is 24.0 Å². The lowest BCUT2D eigenvalue weighted by Crippen LogP contribution is -2.54. The maximum Gasteiger partial charge on any atom is 0.263 e. The lowest BCUT2D eigenvalue weighted by molar-refractivity contribution is -0.136. The summed E-state index contributed by atoms with van der Waals surface area (Å²) < 4.78 is 1.99. The number of aryl methyl sites for hydroxylation is 2. The van der Waals surface area contributed by atoms with Crippen LogP contribution in [-0.2, 0) is 14.4 Å². The molecule has 1 unspecified atom stereocenters. The summed E-state index contributed by atoms with van der Waals surface area (Å²) in [4.78, 5) is 71.9. The second kappa shape index (κ2) is 13.0. The first-order valence-corrected chi connectivity index (χ1v) is 17.8. The largest absolute Gasteiger partial charge is 0.355 e. The number of thiophene rings is 1. The number of imide groups is 2. The number of carbonyl (C=O) groups is 5. The summed E-state index contributed by atoms with van der Waals surface area (Å²) in [7, 11) is 0. The van der Waals surface area contributed by atoms with Crippen molar-refractivity contribution in [1.29, 1.82) is 0 Å². The zero-order valence-electron chi connectivity index (χ0n) is 26.7. The number of carbonyl (C=O) groups excluding carboxylic acids is 5. The summed E-state index contributed by atoms with van der Waals surface area (Å²) in [5.74, 6) is -0.750. The number of rotatable bonds is 8. The van der Waals surface area contributed by atoms with E-state index in [1.54, 1.807) is 29.5 Å². The predicted octanol–water partition coefficient (Wildman–Crippen LogP) is 4.50. The lowest BCUT2D eigenvalue weighted by Gasteiger charge is -2.27. The SMILES string of the molecule is Cc1sc2c(c1C)C(c1ccc(Cl)cc1)=N[C@@H](CC(=O)NCCSc1cccc3c1C(=O)N(C1CCC(=O)NC1=O)C3=O)c1nnc(C)n1-2. The predicted molar refractivity (Wildman–Crippen MR) is 185 cm³/mol. The average molecular weight is 716 g/mol. The first-order chi connectivity index (χ1) is 23.5. The zero-order chi connectivity index (χ0) is 34.6. The van der Waals surface area contributed by atoms with Crippen molar-refractivity contribution in [3.05, 3.63) is 91.8 Å². The Kier molecular flexibility index (Phi) is 8.71. The Morgan fingerprint density at radius 2 is 1.82 bits per heavy atom. The van der Waals surface area contributed by atoms with Gasteiger partial charge in [0, 0.05) is 44.6 Å². The molecule has 3 aliphatic heterocycles. The number of amides is 5. The number of hydrogen-bond donors (Lipinski definition) is 2. The van der Waals surface area contributed by atoms with E-state index < -0.39 is 35.7 Å². The summed E-state index contributed by atoms with van der Waals surface area (Å²) in [6.45, 7) is 6.31. The molecule has 2 aromatic carbocycles. The molecule has 0 saturated carbocycles. The summed E-state index contributed by atoms with van der Waals surface area (Å²) in [6, 6.07) is 10.8. The smallest absolute Gasteiger partial charge is 0.263 e. The van der Waals surface area contributed by atoms with Crippen molar-refractivity contribution < 1.29 is 24.0 Å². The molecule has 2 N–H and O–H groups in total. The van der Waals surface area contributed by atoms with Crippen LogP contribution in [0.25, 0.3) is 5.00 Å². The Bertz CT molecular complexity index is 2110. The van der Waals surface area contributed by atoms with E-state index in [4.69, 9.17) is 16.6 Å². The molecule has 49 heavy (non-hydrogen) atoms. The van der Waals surface area contributed by atoms with Crippen LogP contribution in [0.5, 0.6) is 0 Å². The fraction of sp³-hybridized carbons (Fsp3) is 0.294. The molecule has 4 aromatic rings. The van der Waals surface area contributed by atoms with Gasteiger partial charge in [0.2, 0.25) is 17.7 Å². The normalized spacial score (nSPS) is 18.4. The van der Waals surface area contributed by atoms with Gasteiger partial charge in [-0.3, -0.25) is 43.7 Å². The fourth-order valence-electron chi connectivity index (χ4n) is 6.34. The summed E-state index contributed by atoms with van der Waals surface area (Å²) in [5, 5.41) is 15.6. The standard InChI is InChI=1S/C34H30ClN7O5S2/c1-16-17(2)49-34-27(16)29(19-7-9-20(35)10-8-19)37-22(30-40-39-18(3)41(30)34)15-26(44)36-13-14-48-24-6-4-5-21-28(24)33(47)42(32(21)46)23-11-12-25(43)38-31(23)45/h4-10,22-23H,11-15H2,1-3H3,(H,36,44)(H,38,43,45)/t22-,23?/m0/s1. The molecule has 15 heteroatoms. The number of thioether (sulfide) groups is 1. The second-order valence-electron chi connectivity index (χ2n) is 11.9. The van der Waals surface area contributed by atoms with Gasteiger partial charge in [-0.1, -0.05) is 29.8 Å². The molecule has 0 radical (unpaired) electrons. The van der Waals surface area contributed by atoms with Crippen molar-refractivity contribution in [2.75, 3.05) is 12.3 Å². The number of halogens is 1. The van der Waals surface area contributed by atoms with E-state index in [1.165, 1.54) is 11.8 Å². The molecular formula is C34H30ClN7O5S2. The van der Waals surface area contributed by atoms with E-state index >= 15 is 0 Å². The Labute approximate surface area is 294 Å². The van der Waals surface area contributed by atoms with Crippen LogP contribution in [-0.4, -0.2) is 73.3 Å². The molecule has 7 rings (SSSR count). The van der Waals surface area contributed by atoms with E-state index in [2.05, 4.69) is 34.7 Å². The minimum absolute atomic E-state index is 0.0293. The van der Waals surface area contributed by atoms with Gasteiger partial charge in [0.15, 0.2) is 5.82 Å². The van der Waals surface area contributed by atoms with E-state index in [-0.39, 0.29) is 42.8 Å². The third kappa shape index (κ3) is 5.87. The molecule has 1 fully saturated rings. The van der Waals surface area contributed by atoms with Crippen molar-refractivity contribution >= 4 is 69.9 Å². The second-order valence-corrected chi connectivity index (χ2v) is 14.7. The van der Waals surface area contributed by atoms with Crippen molar-refractivity contribution in [1.82, 2.24) is 30.3 Å². The van der Waals surface area contributed by atoms with Crippen LogP contribution in [0.3, 0.4) is 0 Å². The highest BCUT2D eigenvalue weighted by atomic mass is 35.5. The van der Waals surface area contributed by atoms with Gasteiger partial charge < -0.3 is 5.32 Å². The number of fused-ring (bicyclic) bond motifs is 4.